The second kappa shape index (κ2) is 6.49. The predicted octanol–water partition coefficient (Wildman–Crippen LogP) is 2.18. The van der Waals surface area contributed by atoms with E-state index in [1.807, 2.05) is 12.4 Å². The Morgan fingerprint density at radius 1 is 1.29 bits per heavy atom. The number of nitrogens with two attached hydrogens (primary N) is 1. The maximum Gasteiger partial charge on any atom is 0.225 e. The van der Waals surface area contributed by atoms with Crippen molar-refractivity contribution in [3.05, 3.63) is 16.0 Å². The van der Waals surface area contributed by atoms with Gasteiger partial charge in [-0.2, -0.15) is 0 Å². The number of halogens is 1. The molecule has 1 aromatic rings. The van der Waals surface area contributed by atoms with Crippen LogP contribution in [-0.4, -0.2) is 29.1 Å². The van der Waals surface area contributed by atoms with Crippen molar-refractivity contribution < 1.29 is 0 Å². The standard InChI is InChI=1S/C12H19IN4/c13-10-8-15-12(16-9-10)17(7-3-6-14)11-4-1-2-5-11/h8-9,11H,1-7,14H2. The highest BCUT2D eigenvalue weighted by atomic mass is 127. The van der Waals surface area contributed by atoms with E-state index in [2.05, 4.69) is 37.5 Å². The molecule has 0 spiro atoms. The van der Waals surface area contributed by atoms with Crippen molar-refractivity contribution in [3.8, 4) is 0 Å². The first kappa shape index (κ1) is 13.0. The first-order chi connectivity index (χ1) is 8.31. The maximum absolute atomic E-state index is 5.61. The Balaban J connectivity index is 2.10. The molecule has 2 rings (SSSR count). The summed E-state index contributed by atoms with van der Waals surface area (Å²) in [6.45, 7) is 1.70. The number of anilines is 1. The minimum Gasteiger partial charge on any atom is -0.338 e. The summed E-state index contributed by atoms with van der Waals surface area (Å²) < 4.78 is 1.08. The summed E-state index contributed by atoms with van der Waals surface area (Å²) in [5, 5.41) is 0. The lowest BCUT2D eigenvalue weighted by atomic mass is 10.2. The Morgan fingerprint density at radius 3 is 2.53 bits per heavy atom. The molecule has 17 heavy (non-hydrogen) atoms. The SMILES string of the molecule is NCCCN(c1ncc(I)cn1)C1CCCC1. The van der Waals surface area contributed by atoms with Gasteiger partial charge in [0.15, 0.2) is 0 Å². The first-order valence-corrected chi connectivity index (χ1v) is 7.33. The lowest BCUT2D eigenvalue weighted by Crippen LogP contribution is -2.36. The Hall–Kier alpha value is -0.430. The molecule has 0 bridgehead atoms. The van der Waals surface area contributed by atoms with Crippen LogP contribution in [0.2, 0.25) is 0 Å². The largest absolute Gasteiger partial charge is 0.338 e. The van der Waals surface area contributed by atoms with Gasteiger partial charge in [-0.05, 0) is 48.4 Å². The van der Waals surface area contributed by atoms with Crippen LogP contribution in [0.25, 0.3) is 0 Å². The molecular weight excluding hydrogens is 327 g/mol. The fourth-order valence-electron chi connectivity index (χ4n) is 2.38. The Kier molecular flexibility index (Phi) is 4.97. The zero-order valence-corrected chi connectivity index (χ0v) is 12.1. The zero-order chi connectivity index (χ0) is 12.1. The molecule has 1 aliphatic rings. The van der Waals surface area contributed by atoms with Gasteiger partial charge in [0.25, 0.3) is 0 Å². The van der Waals surface area contributed by atoms with Crippen molar-refractivity contribution in [2.45, 2.75) is 38.1 Å². The Labute approximate surface area is 116 Å². The molecule has 0 atom stereocenters. The van der Waals surface area contributed by atoms with Crippen molar-refractivity contribution in [3.63, 3.8) is 0 Å². The molecule has 0 aromatic carbocycles. The van der Waals surface area contributed by atoms with Crippen LogP contribution in [0, 0.1) is 3.57 Å². The molecule has 1 fully saturated rings. The van der Waals surface area contributed by atoms with Crippen LogP contribution in [0.3, 0.4) is 0 Å². The summed E-state index contributed by atoms with van der Waals surface area (Å²) in [4.78, 5) is 11.2. The third-order valence-corrected chi connectivity index (χ3v) is 3.79. The average molecular weight is 346 g/mol. The van der Waals surface area contributed by atoms with Gasteiger partial charge in [0, 0.05) is 28.6 Å². The lowest BCUT2D eigenvalue weighted by Gasteiger charge is -2.28. The van der Waals surface area contributed by atoms with Crippen LogP contribution < -0.4 is 10.6 Å². The lowest BCUT2D eigenvalue weighted by molar-refractivity contribution is 0.579. The summed E-state index contributed by atoms with van der Waals surface area (Å²) in [7, 11) is 0. The number of hydrogen-bond acceptors (Lipinski definition) is 4. The van der Waals surface area contributed by atoms with Crippen LogP contribution in [0.4, 0.5) is 5.95 Å². The quantitative estimate of drug-likeness (QED) is 0.831. The number of nitrogens with zero attached hydrogens (tertiary/aromatic N) is 3. The van der Waals surface area contributed by atoms with Crippen LogP contribution in [0.5, 0.6) is 0 Å². The molecule has 0 radical (unpaired) electrons. The Morgan fingerprint density at radius 2 is 1.94 bits per heavy atom. The molecule has 1 heterocycles. The second-order valence-electron chi connectivity index (χ2n) is 4.48. The zero-order valence-electron chi connectivity index (χ0n) is 9.98. The molecule has 1 saturated carbocycles. The highest BCUT2D eigenvalue weighted by Crippen LogP contribution is 2.26. The average Bonchev–Trinajstić information content (AvgIpc) is 2.85. The molecule has 2 N–H and O–H groups in total. The van der Waals surface area contributed by atoms with Gasteiger partial charge in [-0.1, -0.05) is 12.8 Å². The van der Waals surface area contributed by atoms with Crippen LogP contribution >= 0.6 is 22.6 Å². The van der Waals surface area contributed by atoms with Gasteiger partial charge in [-0.3, -0.25) is 0 Å². The van der Waals surface area contributed by atoms with E-state index in [0.29, 0.717) is 6.04 Å². The highest BCUT2D eigenvalue weighted by Gasteiger charge is 2.23. The van der Waals surface area contributed by atoms with Gasteiger partial charge in [0.1, 0.15) is 0 Å². The molecule has 1 aliphatic carbocycles. The smallest absolute Gasteiger partial charge is 0.225 e. The van der Waals surface area contributed by atoms with E-state index >= 15 is 0 Å². The molecule has 0 aliphatic heterocycles. The van der Waals surface area contributed by atoms with Crippen LogP contribution in [-0.2, 0) is 0 Å². The molecule has 4 nitrogen and oxygen atoms in total. The van der Waals surface area contributed by atoms with Crippen LogP contribution in [0.1, 0.15) is 32.1 Å². The number of aromatic nitrogens is 2. The minimum atomic E-state index is 0.613. The number of hydrogen-bond donors (Lipinski definition) is 1. The molecule has 1 aromatic heterocycles. The highest BCUT2D eigenvalue weighted by molar-refractivity contribution is 14.1. The topological polar surface area (TPSA) is 55.0 Å². The van der Waals surface area contributed by atoms with Crippen LogP contribution in [0.15, 0.2) is 12.4 Å². The van der Waals surface area contributed by atoms with Crippen molar-refractivity contribution in [2.24, 2.45) is 5.73 Å². The molecular formula is C12H19IN4. The summed E-state index contributed by atoms with van der Waals surface area (Å²) in [5.74, 6) is 0.866. The van der Waals surface area contributed by atoms with Gasteiger partial charge in [0.2, 0.25) is 5.95 Å². The molecule has 0 unspecified atom stereocenters. The molecule has 0 saturated heterocycles. The van der Waals surface area contributed by atoms with E-state index < -0.39 is 0 Å². The predicted molar refractivity (Wildman–Crippen MR) is 78.0 cm³/mol. The van der Waals surface area contributed by atoms with Gasteiger partial charge in [0.05, 0.1) is 0 Å². The second-order valence-corrected chi connectivity index (χ2v) is 5.72. The van der Waals surface area contributed by atoms with E-state index in [-0.39, 0.29) is 0 Å². The van der Waals surface area contributed by atoms with E-state index in [0.717, 1.165) is 29.0 Å². The monoisotopic (exact) mass is 346 g/mol. The summed E-state index contributed by atoms with van der Waals surface area (Å²) in [5.41, 5.74) is 5.61. The van der Waals surface area contributed by atoms with E-state index in [1.54, 1.807) is 0 Å². The van der Waals surface area contributed by atoms with Crippen molar-refractivity contribution in [1.82, 2.24) is 9.97 Å². The fraction of sp³-hybridized carbons (Fsp3) is 0.667. The Bertz CT molecular complexity index is 335. The summed E-state index contributed by atoms with van der Waals surface area (Å²) in [6, 6.07) is 0.613. The van der Waals surface area contributed by atoms with Gasteiger partial charge in [-0.25, -0.2) is 9.97 Å². The third-order valence-electron chi connectivity index (χ3n) is 3.23. The maximum atomic E-state index is 5.61. The van der Waals surface area contributed by atoms with Crippen molar-refractivity contribution in [1.29, 1.82) is 0 Å². The third kappa shape index (κ3) is 3.51. The van der Waals surface area contributed by atoms with Gasteiger partial charge in [-0.15, -0.1) is 0 Å². The summed E-state index contributed by atoms with van der Waals surface area (Å²) >= 11 is 2.23. The normalized spacial score (nSPS) is 16.4. The van der Waals surface area contributed by atoms with Gasteiger partial charge < -0.3 is 10.6 Å². The van der Waals surface area contributed by atoms with E-state index in [1.165, 1.54) is 25.7 Å². The van der Waals surface area contributed by atoms with Crippen molar-refractivity contribution >= 4 is 28.5 Å². The van der Waals surface area contributed by atoms with Crippen molar-refractivity contribution in [2.75, 3.05) is 18.0 Å². The van der Waals surface area contributed by atoms with Gasteiger partial charge >= 0.3 is 0 Å². The van der Waals surface area contributed by atoms with E-state index in [4.69, 9.17) is 5.73 Å². The molecule has 0 amide bonds. The van der Waals surface area contributed by atoms with E-state index in [9.17, 15) is 0 Å². The first-order valence-electron chi connectivity index (χ1n) is 6.25. The summed E-state index contributed by atoms with van der Waals surface area (Å²) in [6.07, 6.45) is 9.95. The fourth-order valence-corrected chi connectivity index (χ4v) is 2.66. The minimum absolute atomic E-state index is 0.613. The molecule has 5 heteroatoms. The number of rotatable bonds is 5. The molecule has 94 valence electrons.